The molecule has 0 radical (unpaired) electrons. The van der Waals surface area contributed by atoms with Gasteiger partial charge in [-0.2, -0.15) is 0 Å². The van der Waals surface area contributed by atoms with Gasteiger partial charge in [0.1, 0.15) is 0 Å². The predicted molar refractivity (Wildman–Crippen MR) is 48.9 cm³/mol. The Labute approximate surface area is 73.9 Å². The Kier molecular flexibility index (Phi) is 3.53. The smallest absolute Gasteiger partial charge is 0.220 e. The van der Waals surface area contributed by atoms with Crippen LogP contribution in [0.4, 0.5) is 0 Å². The average molecular weight is 170 g/mol. The SMILES string of the molecule is CC(C)CC(=O)N[C@@H]1CCNC1. The predicted octanol–water partition coefficient (Wildman–Crippen LogP) is 0.511. The molecular formula is C9H18N2O. The van der Waals surface area contributed by atoms with E-state index in [-0.39, 0.29) is 5.91 Å². The summed E-state index contributed by atoms with van der Waals surface area (Å²) in [5.74, 6) is 0.651. The van der Waals surface area contributed by atoms with Crippen LogP contribution in [-0.4, -0.2) is 25.0 Å². The number of nitrogens with one attached hydrogen (secondary N) is 2. The summed E-state index contributed by atoms with van der Waals surface area (Å²) in [6, 6.07) is 0.372. The van der Waals surface area contributed by atoms with Crippen molar-refractivity contribution in [2.24, 2.45) is 5.92 Å². The van der Waals surface area contributed by atoms with E-state index >= 15 is 0 Å². The first-order valence-corrected chi connectivity index (χ1v) is 4.68. The Morgan fingerprint density at radius 3 is 2.92 bits per heavy atom. The van der Waals surface area contributed by atoms with Gasteiger partial charge in [-0.1, -0.05) is 13.8 Å². The van der Waals surface area contributed by atoms with Gasteiger partial charge < -0.3 is 10.6 Å². The Morgan fingerprint density at radius 2 is 2.42 bits per heavy atom. The standard InChI is InChI=1S/C9H18N2O/c1-7(2)5-9(12)11-8-3-4-10-6-8/h7-8,10H,3-6H2,1-2H3,(H,11,12)/t8-/m1/s1. The molecule has 70 valence electrons. The number of hydrogen-bond acceptors (Lipinski definition) is 2. The van der Waals surface area contributed by atoms with Crippen LogP contribution in [0.15, 0.2) is 0 Å². The van der Waals surface area contributed by atoms with E-state index < -0.39 is 0 Å². The summed E-state index contributed by atoms with van der Waals surface area (Å²) in [6.07, 6.45) is 1.72. The highest BCUT2D eigenvalue weighted by Crippen LogP contribution is 2.01. The van der Waals surface area contributed by atoms with Gasteiger partial charge in [0.05, 0.1) is 0 Å². The lowest BCUT2D eigenvalue weighted by Crippen LogP contribution is -2.36. The highest BCUT2D eigenvalue weighted by molar-refractivity contribution is 5.76. The first kappa shape index (κ1) is 9.52. The van der Waals surface area contributed by atoms with Crippen LogP contribution in [0.25, 0.3) is 0 Å². The molecule has 1 fully saturated rings. The molecule has 3 nitrogen and oxygen atoms in total. The Morgan fingerprint density at radius 1 is 1.67 bits per heavy atom. The van der Waals surface area contributed by atoms with Gasteiger partial charge in [-0.3, -0.25) is 4.79 Å². The van der Waals surface area contributed by atoms with Crippen LogP contribution in [0.1, 0.15) is 26.7 Å². The normalized spacial score (nSPS) is 23.1. The van der Waals surface area contributed by atoms with Crippen molar-refractivity contribution in [3.05, 3.63) is 0 Å². The average Bonchev–Trinajstić information content (AvgIpc) is 2.37. The van der Waals surface area contributed by atoms with Gasteiger partial charge >= 0.3 is 0 Å². The molecule has 1 saturated heterocycles. The molecule has 12 heavy (non-hydrogen) atoms. The van der Waals surface area contributed by atoms with E-state index in [0.29, 0.717) is 18.4 Å². The van der Waals surface area contributed by atoms with Crippen molar-refractivity contribution in [2.75, 3.05) is 13.1 Å². The third kappa shape index (κ3) is 3.22. The van der Waals surface area contributed by atoms with Gasteiger partial charge in [0, 0.05) is 19.0 Å². The fraction of sp³-hybridized carbons (Fsp3) is 0.889. The van der Waals surface area contributed by atoms with Crippen molar-refractivity contribution in [1.29, 1.82) is 0 Å². The van der Waals surface area contributed by atoms with Gasteiger partial charge in [-0.25, -0.2) is 0 Å². The molecule has 3 heteroatoms. The van der Waals surface area contributed by atoms with E-state index in [1.807, 2.05) is 0 Å². The second-order valence-corrected chi connectivity index (χ2v) is 3.86. The Balaban J connectivity index is 2.16. The van der Waals surface area contributed by atoms with Gasteiger partial charge in [-0.05, 0) is 18.9 Å². The third-order valence-electron chi connectivity index (χ3n) is 2.02. The van der Waals surface area contributed by atoms with Crippen molar-refractivity contribution in [2.45, 2.75) is 32.7 Å². The molecule has 1 aliphatic rings. The van der Waals surface area contributed by atoms with E-state index in [4.69, 9.17) is 0 Å². The molecule has 0 aromatic carbocycles. The molecule has 1 aliphatic heterocycles. The Bertz CT molecular complexity index is 151. The highest BCUT2D eigenvalue weighted by Gasteiger charge is 2.16. The number of carbonyl (C=O) groups is 1. The van der Waals surface area contributed by atoms with Crippen LogP contribution in [0.5, 0.6) is 0 Å². The van der Waals surface area contributed by atoms with Gasteiger partial charge in [0.2, 0.25) is 5.91 Å². The van der Waals surface area contributed by atoms with E-state index in [2.05, 4.69) is 24.5 Å². The summed E-state index contributed by atoms with van der Waals surface area (Å²) < 4.78 is 0. The lowest BCUT2D eigenvalue weighted by Gasteiger charge is -2.12. The molecule has 0 spiro atoms. The van der Waals surface area contributed by atoms with Crippen LogP contribution in [0.3, 0.4) is 0 Å². The molecule has 0 aromatic rings. The minimum absolute atomic E-state index is 0.193. The summed E-state index contributed by atoms with van der Waals surface area (Å²) in [7, 11) is 0. The molecule has 0 saturated carbocycles. The molecule has 0 aromatic heterocycles. The van der Waals surface area contributed by atoms with Crippen molar-refractivity contribution in [1.82, 2.24) is 10.6 Å². The van der Waals surface area contributed by atoms with E-state index in [1.165, 1.54) is 0 Å². The molecule has 1 amide bonds. The van der Waals surface area contributed by atoms with E-state index in [9.17, 15) is 4.79 Å². The van der Waals surface area contributed by atoms with Crippen LogP contribution < -0.4 is 10.6 Å². The van der Waals surface area contributed by atoms with Crippen molar-refractivity contribution in [3.63, 3.8) is 0 Å². The van der Waals surface area contributed by atoms with E-state index in [1.54, 1.807) is 0 Å². The first-order chi connectivity index (χ1) is 5.68. The maximum Gasteiger partial charge on any atom is 0.220 e. The lowest BCUT2D eigenvalue weighted by atomic mass is 10.1. The topological polar surface area (TPSA) is 41.1 Å². The summed E-state index contributed by atoms with van der Waals surface area (Å²) >= 11 is 0. The first-order valence-electron chi connectivity index (χ1n) is 4.68. The third-order valence-corrected chi connectivity index (χ3v) is 2.02. The number of rotatable bonds is 3. The van der Waals surface area contributed by atoms with Crippen molar-refractivity contribution < 1.29 is 4.79 Å². The molecule has 0 bridgehead atoms. The fourth-order valence-corrected chi connectivity index (χ4v) is 1.44. The Hall–Kier alpha value is -0.570. The van der Waals surface area contributed by atoms with Crippen LogP contribution >= 0.6 is 0 Å². The zero-order chi connectivity index (χ0) is 8.97. The van der Waals surface area contributed by atoms with Crippen molar-refractivity contribution >= 4 is 5.91 Å². The minimum Gasteiger partial charge on any atom is -0.352 e. The number of amides is 1. The van der Waals surface area contributed by atoms with E-state index in [0.717, 1.165) is 19.5 Å². The molecule has 2 N–H and O–H groups in total. The molecule has 0 aliphatic carbocycles. The quantitative estimate of drug-likeness (QED) is 0.648. The number of carbonyl (C=O) groups excluding carboxylic acids is 1. The maximum atomic E-state index is 11.3. The van der Waals surface area contributed by atoms with Crippen LogP contribution in [0, 0.1) is 5.92 Å². The summed E-state index contributed by atoms with van der Waals surface area (Å²) in [5.41, 5.74) is 0. The molecule has 1 atom stereocenters. The largest absolute Gasteiger partial charge is 0.352 e. The summed E-state index contributed by atoms with van der Waals surface area (Å²) in [6.45, 7) is 6.09. The second kappa shape index (κ2) is 4.45. The lowest BCUT2D eigenvalue weighted by molar-refractivity contribution is -0.122. The highest BCUT2D eigenvalue weighted by atomic mass is 16.1. The maximum absolute atomic E-state index is 11.3. The molecule has 0 unspecified atom stereocenters. The monoisotopic (exact) mass is 170 g/mol. The summed E-state index contributed by atoms with van der Waals surface area (Å²) in [4.78, 5) is 11.3. The second-order valence-electron chi connectivity index (χ2n) is 3.86. The zero-order valence-electron chi connectivity index (χ0n) is 7.89. The number of hydrogen-bond donors (Lipinski definition) is 2. The molecular weight excluding hydrogens is 152 g/mol. The summed E-state index contributed by atoms with van der Waals surface area (Å²) in [5, 5.41) is 6.23. The van der Waals surface area contributed by atoms with Gasteiger partial charge in [-0.15, -0.1) is 0 Å². The van der Waals surface area contributed by atoms with Gasteiger partial charge in [0.25, 0.3) is 0 Å². The van der Waals surface area contributed by atoms with Crippen LogP contribution in [0.2, 0.25) is 0 Å². The van der Waals surface area contributed by atoms with Crippen LogP contribution in [-0.2, 0) is 4.79 Å². The zero-order valence-corrected chi connectivity index (χ0v) is 7.89. The minimum atomic E-state index is 0.193. The van der Waals surface area contributed by atoms with Gasteiger partial charge in [0.15, 0.2) is 0 Å². The van der Waals surface area contributed by atoms with Crippen molar-refractivity contribution in [3.8, 4) is 0 Å². The molecule has 1 heterocycles. The fourth-order valence-electron chi connectivity index (χ4n) is 1.44. The molecule has 1 rings (SSSR count).